The third kappa shape index (κ3) is 2.05. The van der Waals surface area contributed by atoms with Crippen LogP contribution in [0.25, 0.3) is 11.1 Å². The van der Waals surface area contributed by atoms with E-state index in [9.17, 15) is 0 Å². The van der Waals surface area contributed by atoms with Crippen LogP contribution in [-0.2, 0) is 6.42 Å². The van der Waals surface area contributed by atoms with Crippen LogP contribution in [0, 0.1) is 0 Å². The van der Waals surface area contributed by atoms with E-state index in [4.69, 9.17) is 0 Å². The monoisotopic (exact) mass is 312 g/mol. The van der Waals surface area contributed by atoms with E-state index in [-0.39, 0.29) is 0 Å². The molecule has 0 spiro atoms. The van der Waals surface area contributed by atoms with Crippen molar-refractivity contribution in [2.45, 2.75) is 51.4 Å². The van der Waals surface area contributed by atoms with Crippen molar-refractivity contribution in [1.82, 2.24) is 0 Å². The smallest absolute Gasteiger partial charge is 0.00604 e. The highest BCUT2D eigenvalue weighted by atomic mass is 14.4. The Hall–Kier alpha value is -2.08. The third-order valence-corrected chi connectivity index (χ3v) is 6.44. The fourth-order valence-corrected chi connectivity index (χ4v) is 5.23. The first kappa shape index (κ1) is 14.3. The predicted octanol–water partition coefficient (Wildman–Crippen LogP) is 6.53. The molecule has 120 valence electrons. The lowest BCUT2D eigenvalue weighted by Crippen LogP contribution is -2.03. The van der Waals surface area contributed by atoms with Crippen molar-refractivity contribution >= 4 is 11.1 Å². The van der Waals surface area contributed by atoms with Crippen molar-refractivity contribution in [3.05, 3.63) is 81.9 Å². The maximum atomic E-state index is 2.37. The lowest BCUT2D eigenvalue weighted by molar-refractivity contribution is 0.628. The van der Waals surface area contributed by atoms with Gasteiger partial charge >= 0.3 is 0 Å². The summed E-state index contributed by atoms with van der Waals surface area (Å²) in [7, 11) is 0. The second-order valence-electron chi connectivity index (χ2n) is 7.60. The molecule has 1 atom stereocenters. The van der Waals surface area contributed by atoms with Crippen LogP contribution in [0.5, 0.6) is 0 Å². The zero-order chi connectivity index (χ0) is 16.1. The lowest BCUT2D eigenvalue weighted by atomic mass is 9.83. The molecule has 5 rings (SSSR count). The Morgan fingerprint density at radius 2 is 1.71 bits per heavy atom. The van der Waals surface area contributed by atoms with Gasteiger partial charge in [-0.05, 0) is 78.8 Å². The van der Waals surface area contributed by atoms with Gasteiger partial charge in [0.25, 0.3) is 0 Å². The summed E-state index contributed by atoms with van der Waals surface area (Å²) >= 11 is 0. The molecule has 0 aromatic heterocycles. The molecule has 2 aromatic carbocycles. The molecule has 0 amide bonds. The van der Waals surface area contributed by atoms with Gasteiger partial charge in [-0.25, -0.2) is 0 Å². The van der Waals surface area contributed by atoms with E-state index < -0.39 is 0 Å². The first-order valence-corrected chi connectivity index (χ1v) is 9.41. The second kappa shape index (κ2) is 5.48. The van der Waals surface area contributed by atoms with E-state index in [0.717, 1.165) is 5.92 Å². The molecule has 2 bridgehead atoms. The third-order valence-electron chi connectivity index (χ3n) is 6.44. The highest BCUT2D eigenvalue weighted by molar-refractivity contribution is 5.80. The zero-order valence-electron chi connectivity index (χ0n) is 14.4. The Morgan fingerprint density at radius 3 is 2.58 bits per heavy atom. The lowest BCUT2D eigenvalue weighted by Gasteiger charge is -2.21. The molecule has 0 nitrogen and oxygen atoms in total. The highest BCUT2D eigenvalue weighted by Gasteiger charge is 2.33. The summed E-state index contributed by atoms with van der Waals surface area (Å²) in [6.07, 6.45) is 7.68. The normalized spacial score (nSPS) is 21.3. The highest BCUT2D eigenvalue weighted by Crippen LogP contribution is 2.52. The molecule has 0 fully saturated rings. The van der Waals surface area contributed by atoms with Gasteiger partial charge in [-0.3, -0.25) is 0 Å². The summed E-state index contributed by atoms with van der Waals surface area (Å²) in [5, 5.41) is 0. The summed E-state index contributed by atoms with van der Waals surface area (Å²) in [5.41, 5.74) is 12.8. The molecule has 3 aliphatic rings. The van der Waals surface area contributed by atoms with E-state index >= 15 is 0 Å². The molecule has 3 aliphatic carbocycles. The van der Waals surface area contributed by atoms with Crippen LogP contribution in [0.15, 0.2) is 59.7 Å². The molecular weight excluding hydrogens is 288 g/mol. The molecular formula is C24H24. The van der Waals surface area contributed by atoms with E-state index in [1.165, 1.54) is 55.2 Å². The molecule has 0 heterocycles. The van der Waals surface area contributed by atoms with E-state index in [0.29, 0.717) is 0 Å². The molecule has 24 heavy (non-hydrogen) atoms. The van der Waals surface area contributed by atoms with Crippen LogP contribution in [0.1, 0.15) is 67.2 Å². The van der Waals surface area contributed by atoms with Crippen molar-refractivity contribution in [3.63, 3.8) is 0 Å². The minimum atomic E-state index is 0.717. The standard InChI is InChI=1S/C24H24/c1-16-17(15-18-7-2-3-8-19(16)18)13-14-24-22-11-6-12-23(24)21-10-5-4-9-20(21)22/h2-5,7-10,22H,6,11-15H2,1H3. The van der Waals surface area contributed by atoms with Crippen LogP contribution < -0.4 is 0 Å². The van der Waals surface area contributed by atoms with Crippen LogP contribution in [0.3, 0.4) is 0 Å². The summed E-state index contributed by atoms with van der Waals surface area (Å²) < 4.78 is 0. The molecule has 1 unspecified atom stereocenters. The number of benzene rings is 2. The van der Waals surface area contributed by atoms with Crippen LogP contribution in [-0.4, -0.2) is 0 Å². The average molecular weight is 312 g/mol. The molecule has 0 aliphatic heterocycles. The van der Waals surface area contributed by atoms with Gasteiger partial charge in [0, 0.05) is 5.92 Å². The Labute approximate surface area is 144 Å². The fraction of sp³-hybridized carbons (Fsp3) is 0.333. The maximum Gasteiger partial charge on any atom is 0.00604 e. The number of hydrogen-bond acceptors (Lipinski definition) is 0. The predicted molar refractivity (Wildman–Crippen MR) is 102 cm³/mol. The van der Waals surface area contributed by atoms with Crippen molar-refractivity contribution in [2.75, 3.05) is 0 Å². The van der Waals surface area contributed by atoms with Crippen LogP contribution in [0.4, 0.5) is 0 Å². The molecule has 0 saturated heterocycles. The number of allylic oxidation sites excluding steroid dienone is 4. The second-order valence-corrected chi connectivity index (χ2v) is 7.60. The van der Waals surface area contributed by atoms with Crippen LogP contribution >= 0.6 is 0 Å². The summed E-state index contributed by atoms with van der Waals surface area (Å²) in [4.78, 5) is 0. The van der Waals surface area contributed by atoms with Gasteiger partial charge in [0.05, 0.1) is 0 Å². The Balaban J connectivity index is 1.42. The summed E-state index contributed by atoms with van der Waals surface area (Å²) in [6.45, 7) is 2.32. The van der Waals surface area contributed by atoms with Crippen molar-refractivity contribution < 1.29 is 0 Å². The van der Waals surface area contributed by atoms with Gasteiger partial charge in [0.1, 0.15) is 0 Å². The molecule has 0 N–H and O–H groups in total. The van der Waals surface area contributed by atoms with Gasteiger partial charge in [-0.2, -0.15) is 0 Å². The van der Waals surface area contributed by atoms with Gasteiger partial charge in [-0.15, -0.1) is 0 Å². The maximum absolute atomic E-state index is 2.37. The minimum absolute atomic E-state index is 0.717. The van der Waals surface area contributed by atoms with Gasteiger partial charge in [0.15, 0.2) is 0 Å². The Morgan fingerprint density at radius 1 is 0.917 bits per heavy atom. The van der Waals surface area contributed by atoms with Gasteiger partial charge in [0.2, 0.25) is 0 Å². The molecule has 2 aromatic rings. The summed E-state index contributed by atoms with van der Waals surface area (Å²) in [6, 6.07) is 18.1. The van der Waals surface area contributed by atoms with E-state index in [2.05, 4.69) is 55.5 Å². The fourth-order valence-electron chi connectivity index (χ4n) is 5.23. The number of rotatable bonds is 3. The van der Waals surface area contributed by atoms with Crippen molar-refractivity contribution in [3.8, 4) is 0 Å². The van der Waals surface area contributed by atoms with E-state index in [1.54, 1.807) is 27.8 Å². The Kier molecular flexibility index (Phi) is 3.26. The average Bonchev–Trinajstić information content (AvgIpc) is 3.03. The number of fused-ring (bicyclic) bond motifs is 5. The first-order valence-electron chi connectivity index (χ1n) is 9.41. The zero-order valence-corrected chi connectivity index (χ0v) is 14.4. The first-order chi connectivity index (χ1) is 11.8. The molecule has 0 radical (unpaired) electrons. The molecule has 0 saturated carbocycles. The summed E-state index contributed by atoms with van der Waals surface area (Å²) in [5.74, 6) is 0.717. The number of hydrogen-bond donors (Lipinski definition) is 0. The largest absolute Gasteiger partial charge is 0.0620 e. The van der Waals surface area contributed by atoms with E-state index in [1.807, 2.05) is 0 Å². The van der Waals surface area contributed by atoms with Gasteiger partial charge < -0.3 is 0 Å². The van der Waals surface area contributed by atoms with Crippen molar-refractivity contribution in [2.24, 2.45) is 0 Å². The van der Waals surface area contributed by atoms with Crippen molar-refractivity contribution in [1.29, 1.82) is 0 Å². The van der Waals surface area contributed by atoms with Crippen LogP contribution in [0.2, 0.25) is 0 Å². The topological polar surface area (TPSA) is 0 Å². The minimum Gasteiger partial charge on any atom is -0.0620 e. The SMILES string of the molecule is CC1=C(CCC2=C3CCCC2c2ccccc23)Cc2ccccc21. The Bertz CT molecular complexity index is 878. The quantitative estimate of drug-likeness (QED) is 0.604. The molecule has 0 heteroatoms. The van der Waals surface area contributed by atoms with Gasteiger partial charge in [-0.1, -0.05) is 59.7 Å².